The van der Waals surface area contributed by atoms with Gasteiger partial charge >= 0.3 is 139 Å². The third-order valence-electron chi connectivity index (χ3n) is 10.6. The molecule has 0 saturated carbocycles. The van der Waals surface area contributed by atoms with Gasteiger partial charge in [-0.15, -0.1) is 42.9 Å². The zero-order valence-electron chi connectivity index (χ0n) is 40.5. The predicted octanol–water partition coefficient (Wildman–Crippen LogP) is 0.478. The topological polar surface area (TPSA) is 289 Å². The van der Waals surface area contributed by atoms with Gasteiger partial charge in [-0.05, 0) is 77.8 Å². The van der Waals surface area contributed by atoms with Crippen molar-refractivity contribution in [3.05, 3.63) is 59.7 Å². The molecule has 0 aliphatic carbocycles. The van der Waals surface area contributed by atoms with Gasteiger partial charge in [0.05, 0.1) is 61.2 Å². The zero-order valence-corrected chi connectivity index (χ0v) is 51.8. The number of benzene rings is 2. The van der Waals surface area contributed by atoms with Gasteiger partial charge in [0.25, 0.3) is 10.1 Å². The fourth-order valence-electron chi connectivity index (χ4n) is 7.17. The Morgan fingerprint density at radius 1 is 0.779 bits per heavy atom. The minimum Gasteiger partial charge on any atom is -0.748 e. The molecule has 3 aliphatic heterocycles. The molecule has 0 aromatic heterocycles. The molecule has 1 saturated heterocycles. The number of aliphatic imine (C=N–C) groups is 1. The van der Waals surface area contributed by atoms with Crippen molar-refractivity contribution in [1.29, 1.82) is 0 Å². The molecule has 5 rings (SSSR count). The van der Waals surface area contributed by atoms with Gasteiger partial charge in [-0.25, -0.2) is 13.0 Å². The van der Waals surface area contributed by atoms with Crippen molar-refractivity contribution >= 4 is 79.4 Å². The van der Waals surface area contributed by atoms with Gasteiger partial charge in [0.1, 0.15) is 12.2 Å². The van der Waals surface area contributed by atoms with E-state index in [0.717, 1.165) is 46.8 Å². The minimum atomic E-state index is -4.19. The first-order valence-corrected chi connectivity index (χ1v) is 29.6. The summed E-state index contributed by atoms with van der Waals surface area (Å²) in [5.41, 5.74) is 5.80. The van der Waals surface area contributed by atoms with E-state index >= 15 is 0 Å². The summed E-state index contributed by atoms with van der Waals surface area (Å²) >= 11 is 0. The average Bonchev–Trinajstić information content (AvgIpc) is 3.60. The molecule has 2 aromatic rings. The maximum Gasteiger partial charge on any atom is 1.00 e. The smallest absolute Gasteiger partial charge is 0.748 e. The molecular weight excluding hydrogens is 1060 g/mol. The summed E-state index contributed by atoms with van der Waals surface area (Å²) in [5.74, 6) is -0.147. The summed E-state index contributed by atoms with van der Waals surface area (Å²) in [4.78, 5) is 4.62. The molecule has 3 aliphatic rings. The Morgan fingerprint density at radius 3 is 1.65 bits per heavy atom. The van der Waals surface area contributed by atoms with Crippen LogP contribution in [0.2, 0.25) is 0 Å². The number of hydrogen-bond donors (Lipinski definition) is 0. The Labute approximate surface area is 490 Å². The van der Waals surface area contributed by atoms with Crippen LogP contribution in [0.25, 0.3) is 0 Å². The minimum absolute atomic E-state index is 0. The van der Waals surface area contributed by atoms with Gasteiger partial charge in [0, 0.05) is 30.2 Å². The van der Waals surface area contributed by atoms with E-state index in [4.69, 9.17) is 43.3 Å². The largest absolute Gasteiger partial charge is 1.00 e. The van der Waals surface area contributed by atoms with Crippen molar-refractivity contribution in [3.8, 4) is 0 Å². The number of rotatable bonds is 19. The quantitative estimate of drug-likeness (QED) is 0.0352. The van der Waals surface area contributed by atoms with E-state index in [2.05, 4.69) is 39.7 Å². The van der Waals surface area contributed by atoms with Crippen LogP contribution in [0.5, 0.6) is 0 Å². The van der Waals surface area contributed by atoms with Crippen LogP contribution in [-0.2, 0) is 83.7 Å². The second-order valence-electron chi connectivity index (χ2n) is 15.0. The van der Waals surface area contributed by atoms with E-state index in [-0.39, 0.29) is 125 Å². The van der Waals surface area contributed by atoms with Crippen LogP contribution in [0.4, 0.5) is 11.4 Å². The monoisotopic (exact) mass is 1130 g/mol. The summed E-state index contributed by atoms with van der Waals surface area (Å²) in [7, 11) is -19.7. The Hall–Kier alpha value is 0.413. The molecule has 1 fully saturated rings. The van der Waals surface area contributed by atoms with Crippen molar-refractivity contribution < 1.29 is 185 Å². The molecule has 2 unspecified atom stereocenters. The van der Waals surface area contributed by atoms with Gasteiger partial charge in [-0.3, -0.25) is 18.3 Å². The first-order chi connectivity index (χ1) is 30.7. The maximum absolute atomic E-state index is 13.0. The second-order valence-corrected chi connectivity index (χ2v) is 23.5. The fourth-order valence-corrected chi connectivity index (χ4v) is 12.5. The predicted molar refractivity (Wildman–Crippen MR) is 246 cm³/mol. The van der Waals surface area contributed by atoms with E-state index in [1.165, 1.54) is 0 Å². The second kappa shape index (κ2) is 34.1. The zero-order chi connectivity index (χ0) is 50.4. The van der Waals surface area contributed by atoms with Crippen LogP contribution < -0.4 is 103 Å². The van der Waals surface area contributed by atoms with Crippen molar-refractivity contribution in [2.75, 3.05) is 63.4 Å². The van der Waals surface area contributed by atoms with Gasteiger partial charge in [-0.1, -0.05) is 19.4 Å². The molecule has 376 valence electrons. The maximum atomic E-state index is 13.0. The number of hydrogen-bond acceptors (Lipinski definition) is 19. The molecule has 0 amide bonds. The summed E-state index contributed by atoms with van der Waals surface area (Å²) in [5, 5.41) is 0. The van der Waals surface area contributed by atoms with Crippen molar-refractivity contribution in [3.63, 3.8) is 0 Å². The van der Waals surface area contributed by atoms with Crippen molar-refractivity contribution in [2.24, 2.45) is 4.99 Å². The van der Waals surface area contributed by atoms with E-state index in [1.54, 1.807) is 13.8 Å². The van der Waals surface area contributed by atoms with Crippen LogP contribution in [0.15, 0.2) is 41.4 Å². The normalized spacial score (nSPS) is 18.9. The summed E-state index contributed by atoms with van der Waals surface area (Å²) in [6, 6.07) is 17.8. The van der Waals surface area contributed by atoms with Crippen LogP contribution in [0, 0.1) is 12.1 Å². The third-order valence-corrected chi connectivity index (χ3v) is 16.9. The SMILES string of the molecule is CCOP(=O)(CCC1(C)C(C)=Nc2cc[c-]cc21)OCC.CCOP(=O)(CCC1(C)C(C)=[N+](CCCCS(=O)(=O)[O-])c2cc[c-]cc21)OCC.O=S(=O)=O.O=S(=O)=O.O=S1(=O)CCCCO1.[K+].[K+]. The van der Waals surface area contributed by atoms with Crippen LogP contribution >= 0.6 is 15.2 Å². The van der Waals surface area contributed by atoms with Gasteiger partial charge in [0.2, 0.25) is 0 Å². The Balaban J connectivity index is 0. The number of nitrogens with zero attached hydrogens (tertiary/aromatic N) is 2. The Kier molecular flexibility index (Phi) is 35.3. The molecule has 3 heterocycles. The molecule has 0 bridgehead atoms. The molecule has 0 radical (unpaired) electrons. The van der Waals surface area contributed by atoms with E-state index in [1.807, 2.05) is 64.1 Å². The van der Waals surface area contributed by atoms with Gasteiger partial charge in [0.15, 0.2) is 5.71 Å². The molecule has 28 heteroatoms. The van der Waals surface area contributed by atoms with E-state index in [9.17, 15) is 30.5 Å². The average molecular weight is 1130 g/mol. The van der Waals surface area contributed by atoms with Crippen LogP contribution in [0.3, 0.4) is 0 Å². The van der Waals surface area contributed by atoms with Crippen LogP contribution in [-0.4, -0.2) is 126 Å². The van der Waals surface area contributed by atoms with Crippen molar-refractivity contribution in [1.82, 2.24) is 0 Å². The van der Waals surface area contributed by atoms with E-state index < -0.39 is 56.6 Å². The first-order valence-electron chi connectivity index (χ1n) is 21.0. The van der Waals surface area contributed by atoms with E-state index in [0.29, 0.717) is 77.6 Å². The molecule has 2 atom stereocenters. The summed E-state index contributed by atoms with van der Waals surface area (Å²) < 4.78 is 158. The standard InChI is InChI=1S/C20H32NO6PS.C16H23NO3P.C4H8O3S.2K.2O3S/c1-5-26-28(22,27-6-2)15-13-20(4)17(3)21(14-9-10-16-29(23,24)25)19-12-8-7-11-18(19)20;1-5-19-21(18,20-6-2)12-11-16(4)13(3)17-15-10-8-7-9-14(15)16;5-8(6)4-2-1-3-7-8;;;2*1-4(2)3/h8,11-12H,5-6,9-10,13-16H2,1-4H3,(H,23,24,25);8-10H,5-6,11-12H2,1-4H3;1-4H2;;;;/q;-1;;2*+1;;/p-1. The molecule has 68 heavy (non-hydrogen) atoms. The third kappa shape index (κ3) is 25.1. The van der Waals surface area contributed by atoms with Crippen LogP contribution in [0.1, 0.15) is 105 Å². The molecular formula is C40H62K2N2O18P2S4. The molecule has 0 N–H and O–H groups in total. The Bertz CT molecular complexity index is 2460. The number of unbranched alkanes of at least 4 members (excludes halogenated alkanes) is 1. The first kappa shape index (κ1) is 70.5. The summed E-state index contributed by atoms with van der Waals surface area (Å²) in [6.45, 7) is 18.0. The number of fused-ring (bicyclic) bond motifs is 2. The van der Waals surface area contributed by atoms with Crippen molar-refractivity contribution in [2.45, 2.75) is 105 Å². The van der Waals surface area contributed by atoms with Gasteiger partial charge < -0.3 is 22.6 Å². The molecule has 0 spiro atoms. The Morgan fingerprint density at radius 2 is 1.24 bits per heavy atom. The fraction of sp³-hybridized carbons (Fsp3) is 0.650. The molecule has 2 aromatic carbocycles. The molecule has 20 nitrogen and oxygen atoms in total. The van der Waals surface area contributed by atoms with Gasteiger partial charge in [-0.2, -0.15) is 44.8 Å². The summed E-state index contributed by atoms with van der Waals surface area (Å²) in [6.07, 6.45) is 4.51.